The normalized spacial score (nSPS) is 19.6. The Morgan fingerprint density at radius 2 is 1.80 bits per heavy atom. The largest absolute Gasteiger partial charge is 0.399 e. The smallest absolute Gasteiger partial charge is 0.253 e. The molecule has 108 valence electrons. The van der Waals surface area contributed by atoms with Crippen LogP contribution in [0.5, 0.6) is 0 Å². The van der Waals surface area contributed by atoms with Crippen molar-refractivity contribution >= 4 is 17.3 Å². The van der Waals surface area contributed by atoms with Gasteiger partial charge in [0.15, 0.2) is 0 Å². The summed E-state index contributed by atoms with van der Waals surface area (Å²) in [4.78, 5) is 12.3. The highest BCUT2D eigenvalue weighted by molar-refractivity contribution is 6.00. The first-order chi connectivity index (χ1) is 9.72. The van der Waals surface area contributed by atoms with Gasteiger partial charge in [-0.15, -0.1) is 0 Å². The van der Waals surface area contributed by atoms with Crippen molar-refractivity contribution in [2.45, 2.75) is 57.0 Å². The van der Waals surface area contributed by atoms with Crippen molar-refractivity contribution in [3.05, 3.63) is 23.8 Å². The maximum Gasteiger partial charge on any atom is 0.253 e. The van der Waals surface area contributed by atoms with Gasteiger partial charge in [-0.1, -0.05) is 19.3 Å². The Kier molecular flexibility index (Phi) is 3.81. The van der Waals surface area contributed by atoms with Gasteiger partial charge < -0.3 is 16.4 Å². The first kappa shape index (κ1) is 13.3. The van der Waals surface area contributed by atoms with Gasteiger partial charge in [-0.2, -0.15) is 0 Å². The van der Waals surface area contributed by atoms with Crippen LogP contribution in [0.25, 0.3) is 0 Å². The Morgan fingerprint density at radius 3 is 2.50 bits per heavy atom. The van der Waals surface area contributed by atoms with Gasteiger partial charge >= 0.3 is 0 Å². The molecule has 0 atom stereocenters. The average Bonchev–Trinajstić information content (AvgIpc) is 3.26. The molecule has 1 amide bonds. The maximum absolute atomic E-state index is 12.3. The molecule has 0 heterocycles. The lowest BCUT2D eigenvalue weighted by Crippen LogP contribution is -2.28. The number of rotatable bonds is 4. The van der Waals surface area contributed by atoms with E-state index in [4.69, 9.17) is 5.73 Å². The number of hydrogen-bond donors (Lipinski definition) is 3. The molecule has 4 nitrogen and oxygen atoms in total. The van der Waals surface area contributed by atoms with Crippen LogP contribution >= 0.6 is 0 Å². The standard InChI is InChI=1S/C16H23N3O/c17-11-6-9-15(18-12-4-2-1-3-5-12)14(10-11)16(20)19-13-7-8-13/h6,9-10,12-13,18H,1-5,7-8,17H2,(H,19,20). The second-order valence-corrected chi connectivity index (χ2v) is 6.03. The van der Waals surface area contributed by atoms with Crippen LogP contribution in [-0.2, 0) is 0 Å². The Balaban J connectivity index is 1.75. The maximum atomic E-state index is 12.3. The molecule has 1 aromatic carbocycles. The van der Waals surface area contributed by atoms with Crippen molar-refractivity contribution < 1.29 is 4.79 Å². The molecule has 2 aliphatic rings. The third-order valence-electron chi connectivity index (χ3n) is 4.17. The Hall–Kier alpha value is -1.71. The molecule has 0 bridgehead atoms. The zero-order chi connectivity index (χ0) is 13.9. The van der Waals surface area contributed by atoms with E-state index in [1.807, 2.05) is 12.1 Å². The molecule has 0 aromatic heterocycles. The molecule has 20 heavy (non-hydrogen) atoms. The molecule has 2 fully saturated rings. The first-order valence-electron chi connectivity index (χ1n) is 7.69. The van der Waals surface area contributed by atoms with Crippen LogP contribution in [0.3, 0.4) is 0 Å². The fraction of sp³-hybridized carbons (Fsp3) is 0.562. The predicted octanol–water partition coefficient (Wildman–Crippen LogP) is 2.91. The third kappa shape index (κ3) is 3.24. The van der Waals surface area contributed by atoms with Gasteiger partial charge in [0.1, 0.15) is 0 Å². The van der Waals surface area contributed by atoms with E-state index >= 15 is 0 Å². The lowest BCUT2D eigenvalue weighted by Gasteiger charge is -2.25. The van der Waals surface area contributed by atoms with E-state index in [2.05, 4.69) is 10.6 Å². The number of benzene rings is 1. The van der Waals surface area contributed by atoms with Crippen molar-refractivity contribution in [2.24, 2.45) is 0 Å². The molecule has 0 saturated heterocycles. The molecule has 1 aromatic rings. The second-order valence-electron chi connectivity index (χ2n) is 6.03. The molecule has 4 heteroatoms. The van der Waals surface area contributed by atoms with Crippen LogP contribution in [0, 0.1) is 0 Å². The van der Waals surface area contributed by atoms with Gasteiger partial charge in [0, 0.05) is 23.5 Å². The van der Waals surface area contributed by atoms with Gasteiger partial charge in [0.2, 0.25) is 0 Å². The summed E-state index contributed by atoms with van der Waals surface area (Å²) in [6, 6.07) is 6.43. The van der Waals surface area contributed by atoms with E-state index in [0.29, 0.717) is 23.3 Å². The first-order valence-corrected chi connectivity index (χ1v) is 7.69. The van der Waals surface area contributed by atoms with Gasteiger partial charge in [-0.25, -0.2) is 0 Å². The van der Waals surface area contributed by atoms with Crippen LogP contribution in [0.15, 0.2) is 18.2 Å². The number of carbonyl (C=O) groups excluding carboxylic acids is 1. The lowest BCUT2D eigenvalue weighted by atomic mass is 9.95. The van der Waals surface area contributed by atoms with E-state index in [0.717, 1.165) is 18.5 Å². The van der Waals surface area contributed by atoms with Crippen LogP contribution in [-0.4, -0.2) is 18.0 Å². The highest BCUT2D eigenvalue weighted by atomic mass is 16.1. The monoisotopic (exact) mass is 273 g/mol. The minimum absolute atomic E-state index is 0.00175. The van der Waals surface area contributed by atoms with Gasteiger partial charge in [-0.05, 0) is 43.9 Å². The minimum Gasteiger partial charge on any atom is -0.399 e. The van der Waals surface area contributed by atoms with E-state index in [9.17, 15) is 4.79 Å². The third-order valence-corrected chi connectivity index (χ3v) is 4.17. The molecule has 0 aliphatic heterocycles. The van der Waals surface area contributed by atoms with Crippen molar-refractivity contribution in [3.8, 4) is 0 Å². The summed E-state index contributed by atoms with van der Waals surface area (Å²) in [7, 11) is 0. The Bertz CT molecular complexity index is 490. The van der Waals surface area contributed by atoms with Gasteiger partial charge in [-0.3, -0.25) is 4.79 Å². The molecule has 4 N–H and O–H groups in total. The number of nitrogens with two attached hydrogens (primary N) is 1. The zero-order valence-electron chi connectivity index (χ0n) is 11.8. The summed E-state index contributed by atoms with van der Waals surface area (Å²) < 4.78 is 0. The number of carbonyl (C=O) groups is 1. The SMILES string of the molecule is Nc1ccc(NC2CCCCC2)c(C(=O)NC2CC2)c1. The summed E-state index contributed by atoms with van der Waals surface area (Å²) in [5.41, 5.74) is 8.08. The molecule has 0 unspecified atom stereocenters. The van der Waals surface area contributed by atoms with Crippen LogP contribution < -0.4 is 16.4 Å². The molecular weight excluding hydrogens is 250 g/mol. The zero-order valence-corrected chi connectivity index (χ0v) is 11.8. The van der Waals surface area contributed by atoms with Crippen molar-refractivity contribution in [1.82, 2.24) is 5.32 Å². The molecule has 0 spiro atoms. The average molecular weight is 273 g/mol. The van der Waals surface area contributed by atoms with Crippen molar-refractivity contribution in [2.75, 3.05) is 11.1 Å². The Morgan fingerprint density at radius 1 is 1.05 bits per heavy atom. The summed E-state index contributed by atoms with van der Waals surface area (Å²) in [5.74, 6) is -0.00175. The molecule has 3 rings (SSSR count). The van der Waals surface area contributed by atoms with E-state index in [1.54, 1.807) is 6.07 Å². The van der Waals surface area contributed by atoms with E-state index in [1.165, 1.54) is 32.1 Å². The van der Waals surface area contributed by atoms with E-state index in [-0.39, 0.29) is 5.91 Å². The number of hydrogen-bond acceptors (Lipinski definition) is 3. The van der Waals surface area contributed by atoms with Gasteiger partial charge in [0.05, 0.1) is 5.56 Å². The molecular formula is C16H23N3O. The van der Waals surface area contributed by atoms with Crippen LogP contribution in [0.1, 0.15) is 55.3 Å². The molecule has 2 aliphatic carbocycles. The number of nitrogens with one attached hydrogen (secondary N) is 2. The summed E-state index contributed by atoms with van der Waals surface area (Å²) in [5, 5.41) is 6.58. The fourth-order valence-corrected chi connectivity index (χ4v) is 2.83. The number of anilines is 2. The summed E-state index contributed by atoms with van der Waals surface area (Å²) in [6.45, 7) is 0. The van der Waals surface area contributed by atoms with Gasteiger partial charge in [0.25, 0.3) is 5.91 Å². The van der Waals surface area contributed by atoms with Crippen LogP contribution in [0.2, 0.25) is 0 Å². The molecule has 0 radical (unpaired) electrons. The summed E-state index contributed by atoms with van der Waals surface area (Å²) in [6.07, 6.45) is 8.45. The highest BCUT2D eigenvalue weighted by Crippen LogP contribution is 2.26. The number of amides is 1. The summed E-state index contributed by atoms with van der Waals surface area (Å²) >= 11 is 0. The quantitative estimate of drug-likeness (QED) is 0.739. The predicted molar refractivity (Wildman–Crippen MR) is 81.8 cm³/mol. The van der Waals surface area contributed by atoms with Crippen LogP contribution in [0.4, 0.5) is 11.4 Å². The topological polar surface area (TPSA) is 67.1 Å². The van der Waals surface area contributed by atoms with Crippen molar-refractivity contribution in [3.63, 3.8) is 0 Å². The Labute approximate surface area is 120 Å². The lowest BCUT2D eigenvalue weighted by molar-refractivity contribution is 0.0952. The van der Waals surface area contributed by atoms with Crippen molar-refractivity contribution in [1.29, 1.82) is 0 Å². The molecule has 2 saturated carbocycles. The fourth-order valence-electron chi connectivity index (χ4n) is 2.83. The second kappa shape index (κ2) is 5.73. The highest BCUT2D eigenvalue weighted by Gasteiger charge is 2.25. The number of nitrogen functional groups attached to an aromatic ring is 1. The minimum atomic E-state index is -0.00175. The van der Waals surface area contributed by atoms with E-state index < -0.39 is 0 Å².